The summed E-state index contributed by atoms with van der Waals surface area (Å²) in [6.45, 7) is 0.680. The third-order valence-corrected chi connectivity index (χ3v) is 6.02. The highest BCUT2D eigenvalue weighted by Gasteiger charge is 2.43. The molecule has 0 radical (unpaired) electrons. The summed E-state index contributed by atoms with van der Waals surface area (Å²) >= 11 is 5.42. The quantitative estimate of drug-likeness (QED) is 0.430. The highest BCUT2D eigenvalue weighted by molar-refractivity contribution is 14.1. The van der Waals surface area contributed by atoms with Crippen molar-refractivity contribution in [3.05, 3.63) is 31.6 Å². The fourth-order valence-corrected chi connectivity index (χ4v) is 3.78. The normalized spacial score (nSPS) is 20.7. The van der Waals surface area contributed by atoms with E-state index in [1.807, 2.05) is 6.07 Å². The zero-order valence-electron chi connectivity index (χ0n) is 10.7. The maximum absolute atomic E-state index is 13.4. The van der Waals surface area contributed by atoms with E-state index in [2.05, 4.69) is 38.5 Å². The Balaban J connectivity index is 1.67. The monoisotopic (exact) mass is 435 g/mol. The van der Waals surface area contributed by atoms with Crippen LogP contribution in [0.2, 0.25) is 0 Å². The van der Waals surface area contributed by atoms with E-state index in [-0.39, 0.29) is 5.82 Å². The molecule has 102 valence electrons. The van der Waals surface area contributed by atoms with Crippen molar-refractivity contribution in [2.45, 2.75) is 45.1 Å². The Bertz CT molecular complexity index is 525. The van der Waals surface area contributed by atoms with Gasteiger partial charge < -0.3 is 0 Å². The summed E-state index contributed by atoms with van der Waals surface area (Å²) in [5, 5.41) is 0. The summed E-state index contributed by atoms with van der Waals surface area (Å²) in [6.07, 6.45) is 7.86. The molecule has 2 aliphatic rings. The molecule has 2 fully saturated rings. The molecule has 0 bridgehead atoms. The van der Waals surface area contributed by atoms with E-state index in [1.54, 1.807) is 6.07 Å². The first-order valence-corrected chi connectivity index (χ1v) is 8.61. The summed E-state index contributed by atoms with van der Waals surface area (Å²) in [4.78, 5) is 4.75. The van der Waals surface area contributed by atoms with Gasteiger partial charge in [-0.15, -0.1) is 0 Å². The highest BCUT2D eigenvalue weighted by atomic mass is 127. The maximum atomic E-state index is 13.4. The Labute approximate surface area is 135 Å². The Morgan fingerprint density at radius 3 is 2.53 bits per heavy atom. The predicted molar refractivity (Wildman–Crippen MR) is 88.1 cm³/mol. The fourth-order valence-electron chi connectivity index (χ4n) is 2.79. The van der Waals surface area contributed by atoms with Gasteiger partial charge in [0.1, 0.15) is 5.82 Å². The van der Waals surface area contributed by atoms with Crippen LogP contribution in [0, 0.1) is 14.8 Å². The third kappa shape index (κ3) is 3.20. The molecule has 0 N–H and O–H groups in total. The Morgan fingerprint density at radius 2 is 1.89 bits per heavy atom. The number of hydrogen-bond donors (Lipinski definition) is 0. The average molecular weight is 436 g/mol. The van der Waals surface area contributed by atoms with Crippen molar-refractivity contribution in [3.8, 4) is 0 Å². The van der Waals surface area contributed by atoms with E-state index in [0.29, 0.717) is 16.4 Å². The number of nitrogens with zero attached hydrogens (tertiary/aromatic N) is 1. The van der Waals surface area contributed by atoms with E-state index >= 15 is 0 Å². The molecule has 1 spiro atoms. The topological polar surface area (TPSA) is 12.4 Å². The van der Waals surface area contributed by atoms with Crippen LogP contribution in [0.5, 0.6) is 0 Å². The van der Waals surface area contributed by atoms with Crippen LogP contribution < -0.4 is 0 Å². The lowest BCUT2D eigenvalue weighted by Crippen LogP contribution is -2.15. The Hall–Kier alpha value is 0.0300. The van der Waals surface area contributed by atoms with Crippen molar-refractivity contribution >= 4 is 44.2 Å². The number of rotatable bonds is 2. The molecule has 0 aliphatic heterocycles. The number of aliphatic imine (C=N–C) groups is 1. The largest absolute Gasteiger partial charge is 0.289 e. The van der Waals surface area contributed by atoms with E-state index in [1.165, 1.54) is 44.2 Å². The van der Waals surface area contributed by atoms with Gasteiger partial charge in [-0.2, -0.15) is 0 Å². The van der Waals surface area contributed by atoms with Crippen LogP contribution in [0.3, 0.4) is 0 Å². The maximum Gasteiger partial charge on any atom is 0.138 e. The summed E-state index contributed by atoms with van der Waals surface area (Å²) in [5.41, 5.74) is 3.17. The zero-order chi connectivity index (χ0) is 13.5. The number of hydrogen-bond acceptors (Lipinski definition) is 1. The molecule has 19 heavy (non-hydrogen) atoms. The van der Waals surface area contributed by atoms with Gasteiger partial charge in [0.25, 0.3) is 0 Å². The zero-order valence-corrected chi connectivity index (χ0v) is 14.4. The van der Waals surface area contributed by atoms with Gasteiger partial charge in [-0.1, -0.05) is 0 Å². The van der Waals surface area contributed by atoms with Gasteiger partial charge in [-0.3, -0.25) is 4.99 Å². The molecule has 0 atom stereocenters. The van der Waals surface area contributed by atoms with Crippen LogP contribution in [0.4, 0.5) is 4.39 Å². The molecule has 0 aromatic heterocycles. The lowest BCUT2D eigenvalue weighted by Gasteiger charge is -2.22. The Morgan fingerprint density at radius 1 is 1.21 bits per heavy atom. The molecule has 1 nitrogen and oxygen atoms in total. The molecule has 3 rings (SSSR count). The fraction of sp³-hybridized carbons (Fsp3) is 0.533. The van der Waals surface area contributed by atoms with Gasteiger partial charge in [0, 0.05) is 9.28 Å². The molecular formula is C15H16BrFIN. The Kier molecular flexibility index (Phi) is 4.00. The molecule has 0 saturated heterocycles. The second-order valence-electron chi connectivity index (χ2n) is 5.74. The molecule has 1 aromatic carbocycles. The SMILES string of the molecule is Fc1cc(I)c(CN=C2CCC3(CC2)CC3)cc1Br. The van der Waals surface area contributed by atoms with Gasteiger partial charge in [0.05, 0.1) is 11.0 Å². The highest BCUT2D eigenvalue weighted by Crippen LogP contribution is 2.55. The van der Waals surface area contributed by atoms with Crippen molar-refractivity contribution in [3.63, 3.8) is 0 Å². The van der Waals surface area contributed by atoms with E-state index in [9.17, 15) is 4.39 Å². The standard InChI is InChI=1S/C15H16BrFIN/c16-12-7-10(14(18)8-13(12)17)9-19-11-1-3-15(4-2-11)5-6-15/h7-8H,1-6,9H2. The molecule has 0 amide bonds. The number of benzene rings is 1. The smallest absolute Gasteiger partial charge is 0.138 e. The summed E-state index contributed by atoms with van der Waals surface area (Å²) in [5.74, 6) is -0.200. The molecule has 0 unspecified atom stereocenters. The van der Waals surface area contributed by atoms with Crippen molar-refractivity contribution in [2.75, 3.05) is 0 Å². The second-order valence-corrected chi connectivity index (χ2v) is 7.76. The van der Waals surface area contributed by atoms with Gasteiger partial charge in [-0.05, 0) is 100 Å². The van der Waals surface area contributed by atoms with Gasteiger partial charge in [0.15, 0.2) is 0 Å². The van der Waals surface area contributed by atoms with E-state index in [0.717, 1.165) is 9.13 Å². The minimum absolute atomic E-state index is 0.200. The minimum Gasteiger partial charge on any atom is -0.289 e. The lowest BCUT2D eigenvalue weighted by molar-refractivity contribution is 0.420. The van der Waals surface area contributed by atoms with Gasteiger partial charge >= 0.3 is 0 Å². The van der Waals surface area contributed by atoms with Crippen molar-refractivity contribution in [1.29, 1.82) is 0 Å². The average Bonchev–Trinajstić information content (AvgIpc) is 3.14. The van der Waals surface area contributed by atoms with Crippen molar-refractivity contribution in [1.82, 2.24) is 0 Å². The molecular weight excluding hydrogens is 420 g/mol. The molecule has 1 aromatic rings. The van der Waals surface area contributed by atoms with E-state index < -0.39 is 0 Å². The summed E-state index contributed by atoms with van der Waals surface area (Å²) < 4.78 is 14.8. The van der Waals surface area contributed by atoms with Crippen molar-refractivity contribution in [2.24, 2.45) is 10.4 Å². The minimum atomic E-state index is -0.200. The molecule has 2 saturated carbocycles. The molecule has 4 heteroatoms. The lowest BCUT2D eigenvalue weighted by atomic mass is 9.85. The van der Waals surface area contributed by atoms with Crippen LogP contribution in [0.1, 0.15) is 44.1 Å². The second kappa shape index (κ2) is 5.43. The predicted octanol–water partition coefficient (Wildman–Crippen LogP) is 5.49. The third-order valence-electron chi connectivity index (χ3n) is 4.41. The van der Waals surface area contributed by atoms with Crippen LogP contribution in [0.15, 0.2) is 21.6 Å². The van der Waals surface area contributed by atoms with Crippen LogP contribution in [0.25, 0.3) is 0 Å². The van der Waals surface area contributed by atoms with Gasteiger partial charge in [0.2, 0.25) is 0 Å². The van der Waals surface area contributed by atoms with E-state index in [4.69, 9.17) is 4.99 Å². The molecule has 2 aliphatic carbocycles. The van der Waals surface area contributed by atoms with Crippen molar-refractivity contribution < 1.29 is 4.39 Å². The van der Waals surface area contributed by atoms with Crippen LogP contribution >= 0.6 is 38.5 Å². The van der Waals surface area contributed by atoms with Crippen LogP contribution in [-0.2, 0) is 6.54 Å². The summed E-state index contributed by atoms with van der Waals surface area (Å²) in [7, 11) is 0. The van der Waals surface area contributed by atoms with Gasteiger partial charge in [-0.25, -0.2) is 4.39 Å². The molecule has 0 heterocycles. The first-order chi connectivity index (χ1) is 9.08. The summed E-state index contributed by atoms with van der Waals surface area (Å²) in [6, 6.07) is 3.42. The number of halogens is 3. The first-order valence-electron chi connectivity index (χ1n) is 6.74. The first kappa shape index (κ1) is 14.0. The van der Waals surface area contributed by atoms with Crippen LogP contribution in [-0.4, -0.2) is 5.71 Å².